The Kier molecular flexibility index (Phi) is 6.17. The van der Waals surface area contributed by atoms with Gasteiger partial charge in [-0.15, -0.1) is 11.3 Å². The number of rotatable bonds is 6. The standard InChI is InChI=1S/C23H20F2N6O2S2/c24-15-10-12-31(13-15)35(32,33)30-17-8-4-7-16(19(17)25)20-21(18-9-11-27-23(26)28-18)34-22(29-20)14-5-2-1-3-6-14/h1-9,11,15,30H,10,12-13H2,(H2,26,27,28). The van der Waals surface area contributed by atoms with E-state index < -0.39 is 22.2 Å². The fourth-order valence-corrected chi connectivity index (χ4v) is 6.11. The fourth-order valence-electron chi connectivity index (χ4n) is 3.78. The SMILES string of the molecule is Nc1nccc(-c2sc(-c3ccccc3)nc2-c2cccc(NS(=O)(=O)N3CCC(F)C3)c2F)n1. The van der Waals surface area contributed by atoms with Crippen molar-refractivity contribution in [3.05, 3.63) is 66.6 Å². The summed E-state index contributed by atoms with van der Waals surface area (Å²) in [4.78, 5) is 13.4. The van der Waals surface area contributed by atoms with Crippen LogP contribution >= 0.6 is 11.3 Å². The van der Waals surface area contributed by atoms with Crippen LogP contribution in [-0.2, 0) is 10.2 Å². The van der Waals surface area contributed by atoms with Crippen molar-refractivity contribution >= 4 is 33.2 Å². The minimum absolute atomic E-state index is 0.0314. The zero-order valence-electron chi connectivity index (χ0n) is 18.2. The normalized spacial score (nSPS) is 16.5. The van der Waals surface area contributed by atoms with Crippen LogP contribution in [0.4, 0.5) is 20.4 Å². The molecule has 2 aromatic heterocycles. The van der Waals surface area contributed by atoms with Crippen molar-refractivity contribution in [3.8, 4) is 32.4 Å². The lowest BCUT2D eigenvalue weighted by Crippen LogP contribution is -2.34. The third-order valence-corrected chi connectivity index (χ3v) is 8.10. The highest BCUT2D eigenvalue weighted by Crippen LogP contribution is 2.41. The maximum Gasteiger partial charge on any atom is 0.301 e. The number of thiazole rings is 1. The number of hydrogen-bond acceptors (Lipinski definition) is 7. The number of aromatic nitrogens is 3. The first-order chi connectivity index (χ1) is 16.8. The Hall–Kier alpha value is -3.48. The van der Waals surface area contributed by atoms with E-state index in [1.807, 2.05) is 30.3 Å². The molecule has 0 aliphatic carbocycles. The van der Waals surface area contributed by atoms with Crippen LogP contribution < -0.4 is 10.5 Å². The average Bonchev–Trinajstić information content (AvgIpc) is 3.48. The van der Waals surface area contributed by atoms with Gasteiger partial charge in [-0.05, 0) is 24.6 Å². The molecule has 0 saturated carbocycles. The third kappa shape index (κ3) is 4.72. The van der Waals surface area contributed by atoms with Gasteiger partial charge in [-0.1, -0.05) is 36.4 Å². The molecule has 3 heterocycles. The number of halogens is 2. The maximum atomic E-state index is 15.7. The molecule has 1 unspecified atom stereocenters. The summed E-state index contributed by atoms with van der Waals surface area (Å²) in [6.07, 6.45) is 0.367. The molecule has 1 aliphatic heterocycles. The van der Waals surface area contributed by atoms with Gasteiger partial charge >= 0.3 is 10.2 Å². The Labute approximate surface area is 204 Å². The smallest absolute Gasteiger partial charge is 0.301 e. The molecule has 5 rings (SSSR count). The molecule has 1 atom stereocenters. The summed E-state index contributed by atoms with van der Waals surface area (Å²) in [6, 6.07) is 15.4. The first-order valence-corrected chi connectivity index (χ1v) is 12.9. The Bertz CT molecular complexity index is 1480. The highest BCUT2D eigenvalue weighted by Gasteiger charge is 2.32. The Morgan fingerprint density at radius 2 is 1.89 bits per heavy atom. The lowest BCUT2D eigenvalue weighted by molar-refractivity contribution is 0.343. The van der Waals surface area contributed by atoms with Gasteiger partial charge in [-0.2, -0.15) is 12.7 Å². The molecule has 0 amide bonds. The molecule has 0 spiro atoms. The second-order valence-corrected chi connectivity index (χ2v) is 10.6. The Balaban J connectivity index is 1.60. The molecule has 180 valence electrons. The van der Waals surface area contributed by atoms with Crippen LogP contribution in [-0.4, -0.2) is 46.9 Å². The van der Waals surface area contributed by atoms with Gasteiger partial charge in [0.1, 0.15) is 11.2 Å². The molecule has 4 aromatic rings. The topological polar surface area (TPSA) is 114 Å². The van der Waals surface area contributed by atoms with Crippen LogP contribution in [0.3, 0.4) is 0 Å². The summed E-state index contributed by atoms with van der Waals surface area (Å²) in [6.45, 7) is -0.230. The zero-order chi connectivity index (χ0) is 24.6. The van der Waals surface area contributed by atoms with Gasteiger partial charge in [0.05, 0.1) is 22.0 Å². The summed E-state index contributed by atoms with van der Waals surface area (Å²) >= 11 is 1.31. The van der Waals surface area contributed by atoms with E-state index in [2.05, 4.69) is 19.7 Å². The van der Waals surface area contributed by atoms with E-state index in [0.717, 1.165) is 9.87 Å². The van der Waals surface area contributed by atoms with E-state index in [-0.39, 0.29) is 42.4 Å². The van der Waals surface area contributed by atoms with E-state index >= 15 is 4.39 Å². The largest absolute Gasteiger partial charge is 0.368 e. The number of nitrogens with zero attached hydrogens (tertiary/aromatic N) is 4. The average molecular weight is 515 g/mol. The van der Waals surface area contributed by atoms with Crippen molar-refractivity contribution < 1.29 is 17.2 Å². The molecule has 1 fully saturated rings. The van der Waals surface area contributed by atoms with Crippen molar-refractivity contribution in [1.29, 1.82) is 0 Å². The summed E-state index contributed by atoms with van der Waals surface area (Å²) in [7, 11) is -4.12. The predicted octanol–water partition coefficient (Wildman–Crippen LogP) is 4.36. The van der Waals surface area contributed by atoms with E-state index in [9.17, 15) is 12.8 Å². The van der Waals surface area contributed by atoms with Crippen LogP contribution in [0.25, 0.3) is 32.4 Å². The van der Waals surface area contributed by atoms with Gasteiger partial charge in [-0.25, -0.2) is 23.7 Å². The fraction of sp³-hybridized carbons (Fsp3) is 0.174. The van der Waals surface area contributed by atoms with Gasteiger partial charge in [0.2, 0.25) is 5.95 Å². The van der Waals surface area contributed by atoms with Crippen LogP contribution in [0.5, 0.6) is 0 Å². The lowest BCUT2D eigenvalue weighted by atomic mass is 10.1. The summed E-state index contributed by atoms with van der Waals surface area (Å²) in [5.41, 5.74) is 7.18. The van der Waals surface area contributed by atoms with Gasteiger partial charge in [0.25, 0.3) is 0 Å². The molecule has 2 aromatic carbocycles. The zero-order valence-corrected chi connectivity index (χ0v) is 19.9. The summed E-state index contributed by atoms with van der Waals surface area (Å²) in [5, 5.41) is 0.629. The number of hydrogen-bond donors (Lipinski definition) is 2. The number of alkyl halides is 1. The monoisotopic (exact) mass is 514 g/mol. The number of nitrogens with one attached hydrogen (secondary N) is 1. The molecule has 0 bridgehead atoms. The van der Waals surface area contributed by atoms with Crippen molar-refractivity contribution in [2.75, 3.05) is 23.5 Å². The maximum absolute atomic E-state index is 15.7. The van der Waals surface area contributed by atoms with Crippen molar-refractivity contribution in [2.24, 2.45) is 0 Å². The number of benzene rings is 2. The van der Waals surface area contributed by atoms with E-state index in [0.29, 0.717) is 15.6 Å². The number of anilines is 2. The minimum Gasteiger partial charge on any atom is -0.368 e. The predicted molar refractivity (Wildman–Crippen MR) is 132 cm³/mol. The first kappa shape index (κ1) is 23.3. The second-order valence-electron chi connectivity index (χ2n) is 7.88. The number of nitrogens with two attached hydrogens (primary N) is 1. The third-order valence-electron chi connectivity index (χ3n) is 5.48. The molecule has 0 radical (unpaired) electrons. The van der Waals surface area contributed by atoms with E-state index in [1.54, 1.807) is 6.07 Å². The van der Waals surface area contributed by atoms with Crippen LogP contribution in [0.1, 0.15) is 6.42 Å². The molecule has 1 aliphatic rings. The molecule has 8 nitrogen and oxygen atoms in total. The molecule has 35 heavy (non-hydrogen) atoms. The quantitative estimate of drug-likeness (QED) is 0.395. The molecule has 1 saturated heterocycles. The van der Waals surface area contributed by atoms with Crippen molar-refractivity contribution in [1.82, 2.24) is 19.3 Å². The highest BCUT2D eigenvalue weighted by molar-refractivity contribution is 7.90. The van der Waals surface area contributed by atoms with Gasteiger partial charge in [0, 0.05) is 30.4 Å². The summed E-state index contributed by atoms with van der Waals surface area (Å²) in [5.74, 6) is -0.748. The molecular weight excluding hydrogens is 494 g/mol. The van der Waals surface area contributed by atoms with Crippen molar-refractivity contribution in [2.45, 2.75) is 12.6 Å². The number of nitrogen functional groups attached to an aromatic ring is 1. The molecule has 12 heteroatoms. The first-order valence-electron chi connectivity index (χ1n) is 10.7. The van der Waals surface area contributed by atoms with Gasteiger partial charge in [-0.3, -0.25) is 4.72 Å². The van der Waals surface area contributed by atoms with E-state index in [4.69, 9.17) is 5.73 Å². The van der Waals surface area contributed by atoms with Crippen molar-refractivity contribution in [3.63, 3.8) is 0 Å². The second kappa shape index (κ2) is 9.29. The Morgan fingerprint density at radius 1 is 1.09 bits per heavy atom. The van der Waals surface area contributed by atoms with Gasteiger partial charge in [0.15, 0.2) is 5.82 Å². The van der Waals surface area contributed by atoms with Gasteiger partial charge < -0.3 is 5.73 Å². The van der Waals surface area contributed by atoms with Crippen LogP contribution in [0.2, 0.25) is 0 Å². The van der Waals surface area contributed by atoms with Crippen LogP contribution in [0.15, 0.2) is 60.8 Å². The highest BCUT2D eigenvalue weighted by atomic mass is 32.2. The molecule has 3 N–H and O–H groups in total. The molecular formula is C23H20F2N6O2S2. The van der Waals surface area contributed by atoms with E-state index in [1.165, 1.54) is 35.7 Å². The van der Waals surface area contributed by atoms with Crippen LogP contribution in [0, 0.1) is 5.82 Å². The minimum atomic E-state index is -4.12. The summed E-state index contributed by atoms with van der Waals surface area (Å²) < 4.78 is 57.9. The lowest BCUT2D eigenvalue weighted by Gasteiger charge is -2.18. The Morgan fingerprint density at radius 3 is 2.60 bits per heavy atom.